The minimum Gasteiger partial charge on any atom is -0.412 e. The molecule has 2 saturated carbocycles. The van der Waals surface area contributed by atoms with Crippen LogP contribution in [0.4, 0.5) is 0 Å². The normalized spacial score (nSPS) is 39.2. The fraction of sp³-hybridized carbons (Fsp3) is 1.00. The summed E-state index contributed by atoms with van der Waals surface area (Å²) in [5.41, 5.74) is 0.982. The van der Waals surface area contributed by atoms with Crippen LogP contribution in [0.2, 0.25) is 19.6 Å². The SMILES string of the molecule is CCCCC12CCCC1(O[Si](C)(C)C)C2. The zero-order chi connectivity index (χ0) is 11.2. The minimum absolute atomic E-state index is 0.354. The van der Waals surface area contributed by atoms with Crippen LogP contribution in [-0.4, -0.2) is 13.9 Å². The predicted molar refractivity (Wildman–Crippen MR) is 67.6 cm³/mol. The molecule has 2 fully saturated rings. The van der Waals surface area contributed by atoms with E-state index in [1.807, 2.05) is 0 Å². The molecule has 0 N–H and O–H groups in total. The minimum atomic E-state index is -1.34. The second kappa shape index (κ2) is 3.59. The topological polar surface area (TPSA) is 9.23 Å². The van der Waals surface area contributed by atoms with Crippen LogP contribution in [-0.2, 0) is 4.43 Å². The van der Waals surface area contributed by atoms with Crippen LogP contribution in [0.25, 0.3) is 0 Å². The van der Waals surface area contributed by atoms with E-state index in [-0.39, 0.29) is 0 Å². The van der Waals surface area contributed by atoms with Gasteiger partial charge in [0.15, 0.2) is 8.32 Å². The van der Waals surface area contributed by atoms with E-state index in [4.69, 9.17) is 4.43 Å². The Bertz CT molecular complexity index is 245. The van der Waals surface area contributed by atoms with Crippen LogP contribution < -0.4 is 0 Å². The van der Waals surface area contributed by atoms with Gasteiger partial charge < -0.3 is 4.43 Å². The molecule has 2 rings (SSSR count). The van der Waals surface area contributed by atoms with Crippen LogP contribution in [0, 0.1) is 5.41 Å². The van der Waals surface area contributed by atoms with Crippen molar-refractivity contribution in [3.8, 4) is 0 Å². The lowest BCUT2D eigenvalue weighted by atomic mass is 9.96. The van der Waals surface area contributed by atoms with Gasteiger partial charge in [-0.2, -0.15) is 0 Å². The first-order valence-corrected chi connectivity index (χ1v) is 10.0. The quantitative estimate of drug-likeness (QED) is 0.634. The van der Waals surface area contributed by atoms with Crippen LogP contribution in [0.1, 0.15) is 51.9 Å². The van der Waals surface area contributed by atoms with Gasteiger partial charge in [0.1, 0.15) is 0 Å². The number of hydrogen-bond acceptors (Lipinski definition) is 1. The van der Waals surface area contributed by atoms with Gasteiger partial charge in [-0.15, -0.1) is 0 Å². The van der Waals surface area contributed by atoms with Crippen molar-refractivity contribution in [2.24, 2.45) is 5.41 Å². The first kappa shape index (κ1) is 11.7. The van der Waals surface area contributed by atoms with Crippen molar-refractivity contribution in [1.82, 2.24) is 0 Å². The molecule has 0 aliphatic heterocycles. The second-order valence-electron chi connectivity index (χ2n) is 6.62. The maximum atomic E-state index is 6.50. The van der Waals surface area contributed by atoms with E-state index in [2.05, 4.69) is 26.6 Å². The molecular formula is C13H26OSi. The van der Waals surface area contributed by atoms with Crippen molar-refractivity contribution in [2.75, 3.05) is 0 Å². The Balaban J connectivity index is 1.99. The van der Waals surface area contributed by atoms with Gasteiger partial charge >= 0.3 is 0 Å². The summed E-state index contributed by atoms with van der Waals surface area (Å²) in [5, 5.41) is 0. The lowest BCUT2D eigenvalue weighted by Gasteiger charge is -2.27. The summed E-state index contributed by atoms with van der Waals surface area (Å²) >= 11 is 0. The highest BCUT2D eigenvalue weighted by Gasteiger charge is 2.70. The van der Waals surface area contributed by atoms with E-state index < -0.39 is 8.32 Å². The number of rotatable bonds is 5. The molecule has 88 valence electrons. The average molecular weight is 226 g/mol. The van der Waals surface area contributed by atoms with Gasteiger partial charge in [-0.3, -0.25) is 0 Å². The van der Waals surface area contributed by atoms with E-state index >= 15 is 0 Å². The third-order valence-corrected chi connectivity index (χ3v) is 5.21. The molecule has 2 aliphatic carbocycles. The van der Waals surface area contributed by atoms with Gasteiger partial charge in [0.2, 0.25) is 0 Å². The van der Waals surface area contributed by atoms with Gasteiger partial charge in [-0.05, 0) is 51.7 Å². The van der Waals surface area contributed by atoms with Crippen LogP contribution in [0.5, 0.6) is 0 Å². The Morgan fingerprint density at radius 1 is 1.20 bits per heavy atom. The van der Waals surface area contributed by atoms with E-state index in [1.54, 1.807) is 0 Å². The van der Waals surface area contributed by atoms with E-state index in [0.29, 0.717) is 11.0 Å². The van der Waals surface area contributed by atoms with E-state index in [1.165, 1.54) is 44.9 Å². The zero-order valence-electron chi connectivity index (χ0n) is 10.9. The smallest absolute Gasteiger partial charge is 0.184 e. The van der Waals surface area contributed by atoms with Gasteiger partial charge in [0.05, 0.1) is 5.60 Å². The molecular weight excluding hydrogens is 200 g/mol. The maximum Gasteiger partial charge on any atom is 0.184 e. The van der Waals surface area contributed by atoms with Crippen molar-refractivity contribution in [1.29, 1.82) is 0 Å². The molecule has 2 unspecified atom stereocenters. The van der Waals surface area contributed by atoms with Gasteiger partial charge in [-0.25, -0.2) is 0 Å². The summed E-state index contributed by atoms with van der Waals surface area (Å²) in [6.07, 6.45) is 9.74. The Hall–Kier alpha value is 0.177. The summed E-state index contributed by atoms with van der Waals surface area (Å²) in [6.45, 7) is 9.31. The van der Waals surface area contributed by atoms with Gasteiger partial charge in [0.25, 0.3) is 0 Å². The van der Waals surface area contributed by atoms with Gasteiger partial charge in [-0.1, -0.05) is 19.8 Å². The fourth-order valence-corrected chi connectivity index (χ4v) is 5.19. The highest BCUT2D eigenvalue weighted by Crippen LogP contribution is 2.71. The first-order valence-electron chi connectivity index (χ1n) is 6.63. The molecule has 15 heavy (non-hydrogen) atoms. The van der Waals surface area contributed by atoms with E-state index in [9.17, 15) is 0 Å². The van der Waals surface area contributed by atoms with Crippen LogP contribution in [0.3, 0.4) is 0 Å². The summed E-state index contributed by atoms with van der Waals surface area (Å²) in [6, 6.07) is 0. The molecule has 0 bridgehead atoms. The first-order chi connectivity index (χ1) is 6.93. The van der Waals surface area contributed by atoms with Gasteiger partial charge in [0, 0.05) is 5.41 Å². The fourth-order valence-electron chi connectivity index (χ4n) is 3.62. The molecule has 0 aromatic rings. The van der Waals surface area contributed by atoms with Crippen molar-refractivity contribution in [3.63, 3.8) is 0 Å². The maximum absolute atomic E-state index is 6.50. The Kier molecular flexibility index (Phi) is 2.79. The molecule has 0 spiro atoms. The van der Waals surface area contributed by atoms with Crippen LogP contribution in [0.15, 0.2) is 0 Å². The number of hydrogen-bond donors (Lipinski definition) is 0. The molecule has 2 heteroatoms. The average Bonchev–Trinajstić information content (AvgIpc) is 2.56. The lowest BCUT2D eigenvalue weighted by molar-refractivity contribution is 0.133. The number of unbranched alkanes of at least 4 members (excludes halogenated alkanes) is 1. The van der Waals surface area contributed by atoms with E-state index in [0.717, 1.165) is 0 Å². The highest BCUT2D eigenvalue weighted by atomic mass is 28.4. The Labute approximate surface area is 95.7 Å². The van der Waals surface area contributed by atoms with Crippen molar-refractivity contribution < 1.29 is 4.43 Å². The molecule has 0 amide bonds. The number of fused-ring (bicyclic) bond motifs is 1. The lowest BCUT2D eigenvalue weighted by Crippen LogP contribution is -2.35. The van der Waals surface area contributed by atoms with Crippen LogP contribution >= 0.6 is 0 Å². The van der Waals surface area contributed by atoms with Crippen molar-refractivity contribution in [3.05, 3.63) is 0 Å². The molecule has 0 radical (unpaired) electrons. The molecule has 0 saturated heterocycles. The molecule has 0 heterocycles. The summed E-state index contributed by atoms with van der Waals surface area (Å²) < 4.78 is 6.50. The highest BCUT2D eigenvalue weighted by molar-refractivity contribution is 6.69. The third-order valence-electron chi connectivity index (χ3n) is 4.21. The third kappa shape index (κ3) is 2.03. The summed E-state index contributed by atoms with van der Waals surface area (Å²) in [4.78, 5) is 0. The zero-order valence-corrected chi connectivity index (χ0v) is 11.9. The predicted octanol–water partition coefficient (Wildman–Crippen LogP) is 4.34. The largest absolute Gasteiger partial charge is 0.412 e. The monoisotopic (exact) mass is 226 g/mol. The summed E-state index contributed by atoms with van der Waals surface area (Å²) in [7, 11) is -1.34. The molecule has 2 atom stereocenters. The molecule has 0 aromatic carbocycles. The summed E-state index contributed by atoms with van der Waals surface area (Å²) in [5.74, 6) is 0. The Morgan fingerprint density at radius 2 is 1.93 bits per heavy atom. The molecule has 2 aliphatic rings. The molecule has 1 nitrogen and oxygen atoms in total. The van der Waals surface area contributed by atoms with Crippen molar-refractivity contribution in [2.45, 2.75) is 77.1 Å². The second-order valence-corrected chi connectivity index (χ2v) is 11.1. The Morgan fingerprint density at radius 3 is 2.53 bits per heavy atom. The van der Waals surface area contributed by atoms with Crippen molar-refractivity contribution >= 4 is 8.32 Å². The molecule has 0 aromatic heterocycles. The standard InChI is InChI=1S/C13H26OSi/c1-5-6-8-12-9-7-10-13(12,11-12)14-15(2,3)4/h5-11H2,1-4H3.